The average molecular weight is 247 g/mol. The first-order chi connectivity index (χ1) is 8.65. The third kappa shape index (κ3) is 3.72. The number of nitrogens with zero attached hydrogens (tertiary/aromatic N) is 1. The molecule has 0 aliphatic carbocycles. The van der Waals surface area contributed by atoms with Crippen LogP contribution in [0.3, 0.4) is 0 Å². The average Bonchev–Trinajstić information content (AvgIpc) is 2.34. The van der Waals surface area contributed by atoms with Crippen molar-refractivity contribution >= 4 is 5.69 Å². The molecule has 3 nitrogen and oxygen atoms in total. The van der Waals surface area contributed by atoms with Crippen LogP contribution in [0.2, 0.25) is 0 Å². The molecule has 1 aromatic rings. The first kappa shape index (κ1) is 13.4. The summed E-state index contributed by atoms with van der Waals surface area (Å²) in [7, 11) is 2.20. The Balaban J connectivity index is 1.76. The fourth-order valence-corrected chi connectivity index (χ4v) is 2.43. The van der Waals surface area contributed by atoms with E-state index in [0.717, 1.165) is 19.6 Å². The summed E-state index contributed by atoms with van der Waals surface area (Å²) < 4.78 is 0. The summed E-state index contributed by atoms with van der Waals surface area (Å²) in [4.78, 5) is 2.40. The van der Waals surface area contributed by atoms with Gasteiger partial charge in [0.2, 0.25) is 0 Å². The summed E-state index contributed by atoms with van der Waals surface area (Å²) in [5.74, 6) is 0. The van der Waals surface area contributed by atoms with Gasteiger partial charge in [0.05, 0.1) is 0 Å². The van der Waals surface area contributed by atoms with Crippen molar-refractivity contribution < 1.29 is 0 Å². The zero-order valence-corrected chi connectivity index (χ0v) is 11.8. The van der Waals surface area contributed by atoms with E-state index in [0.29, 0.717) is 6.04 Å². The summed E-state index contributed by atoms with van der Waals surface area (Å²) in [6.45, 7) is 8.80. The lowest BCUT2D eigenvalue weighted by molar-refractivity contribution is 0.234. The number of hydrogen-bond acceptors (Lipinski definition) is 3. The molecule has 0 spiro atoms. The van der Waals surface area contributed by atoms with E-state index in [9.17, 15) is 0 Å². The Morgan fingerprint density at radius 1 is 1.33 bits per heavy atom. The number of piperazine rings is 1. The first-order valence-corrected chi connectivity index (χ1v) is 6.88. The molecule has 3 heteroatoms. The minimum Gasteiger partial charge on any atom is -0.385 e. The van der Waals surface area contributed by atoms with E-state index in [1.807, 2.05) is 0 Å². The van der Waals surface area contributed by atoms with Crippen molar-refractivity contribution in [2.75, 3.05) is 38.5 Å². The molecule has 1 heterocycles. The number of aryl methyl sites for hydroxylation is 2. The van der Waals surface area contributed by atoms with Crippen LogP contribution in [0, 0.1) is 13.8 Å². The topological polar surface area (TPSA) is 27.3 Å². The SMILES string of the molecule is Cc1ccc(NCCC2CN(C)CCN2)cc1C. The monoisotopic (exact) mass is 247 g/mol. The molecule has 1 fully saturated rings. The third-order valence-corrected chi connectivity index (χ3v) is 3.79. The minimum absolute atomic E-state index is 0.628. The van der Waals surface area contributed by atoms with Gasteiger partial charge in [0.15, 0.2) is 0 Å². The van der Waals surface area contributed by atoms with Crippen molar-refractivity contribution in [2.24, 2.45) is 0 Å². The largest absolute Gasteiger partial charge is 0.385 e. The molecule has 100 valence electrons. The molecule has 1 unspecified atom stereocenters. The van der Waals surface area contributed by atoms with Crippen LogP contribution < -0.4 is 10.6 Å². The molecule has 0 radical (unpaired) electrons. The summed E-state index contributed by atoms with van der Waals surface area (Å²) in [5.41, 5.74) is 3.95. The number of anilines is 1. The molecule has 18 heavy (non-hydrogen) atoms. The van der Waals surface area contributed by atoms with Crippen molar-refractivity contribution in [1.29, 1.82) is 0 Å². The van der Waals surface area contributed by atoms with Gasteiger partial charge in [0, 0.05) is 37.9 Å². The van der Waals surface area contributed by atoms with Crippen LogP contribution in [0.15, 0.2) is 18.2 Å². The molecule has 0 aromatic heterocycles. The molecular weight excluding hydrogens is 222 g/mol. The Morgan fingerprint density at radius 2 is 2.17 bits per heavy atom. The molecular formula is C15H25N3. The lowest BCUT2D eigenvalue weighted by atomic mass is 10.1. The van der Waals surface area contributed by atoms with Crippen molar-refractivity contribution in [3.8, 4) is 0 Å². The van der Waals surface area contributed by atoms with E-state index in [4.69, 9.17) is 0 Å². The van der Waals surface area contributed by atoms with Gasteiger partial charge in [-0.2, -0.15) is 0 Å². The Kier molecular flexibility index (Phi) is 4.61. The van der Waals surface area contributed by atoms with Gasteiger partial charge >= 0.3 is 0 Å². The normalized spacial score (nSPS) is 20.9. The predicted molar refractivity (Wildman–Crippen MR) is 78.3 cm³/mol. The van der Waals surface area contributed by atoms with Gasteiger partial charge in [0.1, 0.15) is 0 Å². The molecule has 1 saturated heterocycles. The predicted octanol–water partition coefficient (Wildman–Crippen LogP) is 2.01. The lowest BCUT2D eigenvalue weighted by Crippen LogP contribution is -2.49. The van der Waals surface area contributed by atoms with Gasteiger partial charge in [-0.05, 0) is 50.6 Å². The summed E-state index contributed by atoms with van der Waals surface area (Å²) in [6, 6.07) is 7.21. The standard InChI is InChI=1S/C15H25N3/c1-12-4-5-14(10-13(12)2)16-7-6-15-11-18(3)9-8-17-15/h4-5,10,15-17H,6-9,11H2,1-3H3. The summed E-state index contributed by atoms with van der Waals surface area (Å²) in [6.07, 6.45) is 1.18. The van der Waals surface area contributed by atoms with Crippen LogP contribution in [-0.4, -0.2) is 44.2 Å². The molecule has 2 rings (SSSR count). The maximum atomic E-state index is 3.57. The number of rotatable bonds is 4. The molecule has 0 saturated carbocycles. The van der Waals surface area contributed by atoms with Crippen LogP contribution >= 0.6 is 0 Å². The molecule has 0 bridgehead atoms. The van der Waals surface area contributed by atoms with Crippen LogP contribution in [0.4, 0.5) is 5.69 Å². The molecule has 1 aliphatic heterocycles. The first-order valence-electron chi connectivity index (χ1n) is 6.88. The maximum absolute atomic E-state index is 3.57. The Hall–Kier alpha value is -1.06. The van der Waals surface area contributed by atoms with E-state index in [1.165, 1.54) is 29.8 Å². The molecule has 1 aliphatic rings. The minimum atomic E-state index is 0.628. The molecule has 1 atom stereocenters. The van der Waals surface area contributed by atoms with E-state index in [2.05, 4.69) is 54.6 Å². The second-order valence-corrected chi connectivity index (χ2v) is 5.43. The van der Waals surface area contributed by atoms with Crippen LogP contribution in [0.5, 0.6) is 0 Å². The quantitative estimate of drug-likeness (QED) is 0.852. The van der Waals surface area contributed by atoms with Gasteiger partial charge in [-0.25, -0.2) is 0 Å². The highest BCUT2D eigenvalue weighted by atomic mass is 15.2. The second-order valence-electron chi connectivity index (χ2n) is 5.43. The van der Waals surface area contributed by atoms with E-state index < -0.39 is 0 Å². The zero-order valence-electron chi connectivity index (χ0n) is 11.8. The second kappa shape index (κ2) is 6.21. The third-order valence-electron chi connectivity index (χ3n) is 3.79. The van der Waals surface area contributed by atoms with Crippen molar-refractivity contribution in [3.05, 3.63) is 29.3 Å². The van der Waals surface area contributed by atoms with Crippen molar-refractivity contribution in [3.63, 3.8) is 0 Å². The van der Waals surface area contributed by atoms with E-state index in [-0.39, 0.29) is 0 Å². The fraction of sp³-hybridized carbons (Fsp3) is 0.600. The Labute approximate surface area is 111 Å². The highest BCUT2D eigenvalue weighted by molar-refractivity contribution is 5.47. The van der Waals surface area contributed by atoms with Gasteiger partial charge in [-0.15, -0.1) is 0 Å². The van der Waals surface area contributed by atoms with Crippen molar-refractivity contribution in [1.82, 2.24) is 10.2 Å². The van der Waals surface area contributed by atoms with Crippen LogP contribution in [-0.2, 0) is 0 Å². The number of benzene rings is 1. The highest BCUT2D eigenvalue weighted by Crippen LogP contribution is 2.14. The van der Waals surface area contributed by atoms with Crippen molar-refractivity contribution in [2.45, 2.75) is 26.3 Å². The van der Waals surface area contributed by atoms with Gasteiger partial charge in [-0.3, -0.25) is 0 Å². The molecule has 0 amide bonds. The van der Waals surface area contributed by atoms with Gasteiger partial charge < -0.3 is 15.5 Å². The van der Waals surface area contributed by atoms with E-state index in [1.54, 1.807) is 0 Å². The maximum Gasteiger partial charge on any atom is 0.0343 e. The van der Waals surface area contributed by atoms with Crippen LogP contribution in [0.25, 0.3) is 0 Å². The smallest absolute Gasteiger partial charge is 0.0343 e. The van der Waals surface area contributed by atoms with Gasteiger partial charge in [0.25, 0.3) is 0 Å². The zero-order chi connectivity index (χ0) is 13.0. The summed E-state index contributed by atoms with van der Waals surface area (Å²) in [5, 5.41) is 7.09. The molecule has 1 aromatic carbocycles. The highest BCUT2D eigenvalue weighted by Gasteiger charge is 2.15. The summed E-state index contributed by atoms with van der Waals surface area (Å²) >= 11 is 0. The van der Waals surface area contributed by atoms with E-state index >= 15 is 0 Å². The number of nitrogens with one attached hydrogen (secondary N) is 2. The molecule has 2 N–H and O–H groups in total. The fourth-order valence-electron chi connectivity index (χ4n) is 2.43. The van der Waals surface area contributed by atoms with Gasteiger partial charge in [-0.1, -0.05) is 6.07 Å². The lowest BCUT2D eigenvalue weighted by Gasteiger charge is -2.31. The Bertz CT molecular complexity index is 389. The Morgan fingerprint density at radius 3 is 2.89 bits per heavy atom. The van der Waals surface area contributed by atoms with Crippen LogP contribution in [0.1, 0.15) is 17.5 Å². The number of likely N-dealkylation sites (N-methyl/N-ethyl adjacent to an activating group) is 1. The number of hydrogen-bond donors (Lipinski definition) is 2.